The van der Waals surface area contributed by atoms with Crippen LogP contribution in [0.15, 0.2) is 36.0 Å². The Balaban J connectivity index is 4.32. The fourth-order valence-electron chi connectivity index (χ4n) is 0.565. The molecule has 0 amide bonds. The van der Waals surface area contributed by atoms with Crippen LogP contribution in [0.25, 0.3) is 0 Å². The van der Waals surface area contributed by atoms with Crippen molar-refractivity contribution in [3.8, 4) is 0 Å². The molecular formula is C11H18. The van der Waals surface area contributed by atoms with Crippen molar-refractivity contribution in [2.75, 3.05) is 0 Å². The fourth-order valence-corrected chi connectivity index (χ4v) is 0.565. The van der Waals surface area contributed by atoms with E-state index in [4.69, 9.17) is 0 Å². The molecule has 0 nitrogen and oxygen atoms in total. The number of hydrogen-bond acceptors (Lipinski definition) is 0. The first-order chi connectivity index (χ1) is 4.95. The molecule has 0 atom stereocenters. The standard InChI is InChI=1S/C11H18/c1-8(2)10(5)7-11(6)9(3)4/h7,9H,1,5H2,2-4,6H3/b11-7+. The molecule has 0 aromatic rings. The molecule has 0 aliphatic carbocycles. The lowest BCUT2D eigenvalue weighted by Gasteiger charge is -2.05. The molecule has 0 heterocycles. The summed E-state index contributed by atoms with van der Waals surface area (Å²) in [5.41, 5.74) is 3.44. The molecule has 0 unspecified atom stereocenters. The first-order valence-electron chi connectivity index (χ1n) is 3.98. The molecule has 0 aliphatic rings. The van der Waals surface area contributed by atoms with Gasteiger partial charge in [-0.3, -0.25) is 0 Å². The summed E-state index contributed by atoms with van der Waals surface area (Å²) in [6.07, 6.45) is 2.10. The van der Waals surface area contributed by atoms with Crippen LogP contribution in [0.4, 0.5) is 0 Å². The van der Waals surface area contributed by atoms with E-state index >= 15 is 0 Å². The quantitative estimate of drug-likeness (QED) is 0.538. The summed E-state index contributed by atoms with van der Waals surface area (Å²) in [5, 5.41) is 0. The van der Waals surface area contributed by atoms with Crippen LogP contribution < -0.4 is 0 Å². The Labute approximate surface area is 70.3 Å². The summed E-state index contributed by atoms with van der Waals surface area (Å²) in [6.45, 7) is 16.2. The van der Waals surface area contributed by atoms with Crippen molar-refractivity contribution in [3.05, 3.63) is 36.0 Å². The van der Waals surface area contributed by atoms with Gasteiger partial charge in [0.1, 0.15) is 0 Å². The van der Waals surface area contributed by atoms with Crippen molar-refractivity contribution in [2.45, 2.75) is 27.7 Å². The van der Waals surface area contributed by atoms with Crippen LogP contribution in [0.5, 0.6) is 0 Å². The lowest BCUT2D eigenvalue weighted by Crippen LogP contribution is -1.89. The first kappa shape index (κ1) is 10.2. The third kappa shape index (κ3) is 3.82. The van der Waals surface area contributed by atoms with Gasteiger partial charge in [0.15, 0.2) is 0 Å². The van der Waals surface area contributed by atoms with Gasteiger partial charge in [0.2, 0.25) is 0 Å². The van der Waals surface area contributed by atoms with Gasteiger partial charge in [0.05, 0.1) is 0 Å². The van der Waals surface area contributed by atoms with Crippen LogP contribution in [-0.2, 0) is 0 Å². The lowest BCUT2D eigenvalue weighted by atomic mass is 10.0. The predicted octanol–water partition coefficient (Wildman–Crippen LogP) is 3.72. The Hall–Kier alpha value is -0.780. The van der Waals surface area contributed by atoms with Crippen LogP contribution >= 0.6 is 0 Å². The normalized spacial score (nSPS) is 11.9. The van der Waals surface area contributed by atoms with E-state index in [9.17, 15) is 0 Å². The molecule has 0 saturated carbocycles. The molecule has 0 radical (unpaired) electrons. The van der Waals surface area contributed by atoms with E-state index < -0.39 is 0 Å². The van der Waals surface area contributed by atoms with Gasteiger partial charge < -0.3 is 0 Å². The van der Waals surface area contributed by atoms with E-state index in [2.05, 4.69) is 40.0 Å². The fraction of sp³-hybridized carbons (Fsp3) is 0.455. The van der Waals surface area contributed by atoms with E-state index in [1.165, 1.54) is 5.57 Å². The monoisotopic (exact) mass is 150 g/mol. The second-order valence-corrected chi connectivity index (χ2v) is 3.35. The summed E-state index contributed by atoms with van der Waals surface area (Å²) in [5.74, 6) is 0.603. The highest BCUT2D eigenvalue weighted by atomic mass is 14.0. The second-order valence-electron chi connectivity index (χ2n) is 3.35. The maximum Gasteiger partial charge on any atom is -0.0260 e. The molecule has 0 rings (SSSR count). The molecule has 0 saturated heterocycles. The molecule has 0 heteroatoms. The average molecular weight is 150 g/mol. The molecular weight excluding hydrogens is 132 g/mol. The van der Waals surface area contributed by atoms with E-state index in [-0.39, 0.29) is 0 Å². The van der Waals surface area contributed by atoms with Gasteiger partial charge in [-0.1, -0.05) is 44.2 Å². The highest BCUT2D eigenvalue weighted by molar-refractivity contribution is 5.35. The first-order valence-corrected chi connectivity index (χ1v) is 3.98. The Morgan fingerprint density at radius 1 is 1.18 bits per heavy atom. The van der Waals surface area contributed by atoms with Gasteiger partial charge in [-0.15, -0.1) is 0 Å². The Kier molecular flexibility index (Phi) is 3.88. The van der Waals surface area contributed by atoms with Crippen molar-refractivity contribution in [1.29, 1.82) is 0 Å². The third-order valence-electron chi connectivity index (χ3n) is 1.86. The summed E-state index contributed by atoms with van der Waals surface area (Å²) in [6, 6.07) is 0. The zero-order chi connectivity index (χ0) is 9.02. The molecule has 0 bridgehead atoms. The molecule has 0 aliphatic heterocycles. The molecule has 0 N–H and O–H groups in total. The minimum Gasteiger partial charge on any atom is -0.0955 e. The summed E-state index contributed by atoms with van der Waals surface area (Å²) in [4.78, 5) is 0. The van der Waals surface area contributed by atoms with Crippen LogP contribution in [0.3, 0.4) is 0 Å². The van der Waals surface area contributed by atoms with E-state index in [0.717, 1.165) is 11.1 Å². The summed E-state index contributed by atoms with van der Waals surface area (Å²) >= 11 is 0. The van der Waals surface area contributed by atoms with Crippen LogP contribution in [0.2, 0.25) is 0 Å². The molecule has 0 spiro atoms. The molecule has 0 fully saturated rings. The van der Waals surface area contributed by atoms with Gasteiger partial charge in [-0.05, 0) is 25.3 Å². The number of allylic oxidation sites excluding steroid dienone is 4. The second kappa shape index (κ2) is 4.17. The van der Waals surface area contributed by atoms with Gasteiger partial charge in [-0.2, -0.15) is 0 Å². The minimum absolute atomic E-state index is 0.603. The zero-order valence-electron chi connectivity index (χ0n) is 8.07. The SMILES string of the molecule is C=C(C)C(=C)/C=C(\C)C(C)C. The highest BCUT2D eigenvalue weighted by Gasteiger charge is 1.96. The smallest absolute Gasteiger partial charge is 0.0260 e. The maximum atomic E-state index is 3.90. The summed E-state index contributed by atoms with van der Waals surface area (Å²) in [7, 11) is 0. The molecule has 62 valence electrons. The van der Waals surface area contributed by atoms with Gasteiger partial charge in [0.25, 0.3) is 0 Å². The number of hydrogen-bond donors (Lipinski definition) is 0. The van der Waals surface area contributed by atoms with E-state index in [1.807, 2.05) is 6.92 Å². The average Bonchev–Trinajstić information content (AvgIpc) is 1.87. The lowest BCUT2D eigenvalue weighted by molar-refractivity contribution is 0.768. The topological polar surface area (TPSA) is 0 Å². The minimum atomic E-state index is 0.603. The van der Waals surface area contributed by atoms with E-state index in [1.54, 1.807) is 0 Å². The Morgan fingerprint density at radius 2 is 1.64 bits per heavy atom. The van der Waals surface area contributed by atoms with Crippen molar-refractivity contribution < 1.29 is 0 Å². The van der Waals surface area contributed by atoms with E-state index in [0.29, 0.717) is 5.92 Å². The van der Waals surface area contributed by atoms with Gasteiger partial charge in [0, 0.05) is 0 Å². The predicted molar refractivity (Wildman–Crippen MR) is 52.5 cm³/mol. The maximum absolute atomic E-state index is 3.90. The number of rotatable bonds is 3. The molecule has 0 aromatic carbocycles. The third-order valence-corrected chi connectivity index (χ3v) is 1.86. The van der Waals surface area contributed by atoms with Crippen molar-refractivity contribution in [2.24, 2.45) is 5.92 Å². The van der Waals surface area contributed by atoms with Gasteiger partial charge in [-0.25, -0.2) is 0 Å². The molecule has 0 aromatic heterocycles. The summed E-state index contributed by atoms with van der Waals surface area (Å²) < 4.78 is 0. The van der Waals surface area contributed by atoms with Crippen molar-refractivity contribution in [1.82, 2.24) is 0 Å². The van der Waals surface area contributed by atoms with Crippen molar-refractivity contribution in [3.63, 3.8) is 0 Å². The Morgan fingerprint density at radius 3 is 1.91 bits per heavy atom. The Bertz CT molecular complexity index is 192. The largest absolute Gasteiger partial charge is 0.0955 e. The zero-order valence-corrected chi connectivity index (χ0v) is 8.07. The van der Waals surface area contributed by atoms with Crippen LogP contribution in [0.1, 0.15) is 27.7 Å². The van der Waals surface area contributed by atoms with Crippen molar-refractivity contribution >= 4 is 0 Å². The molecule has 11 heavy (non-hydrogen) atoms. The highest BCUT2D eigenvalue weighted by Crippen LogP contribution is 2.14. The van der Waals surface area contributed by atoms with Crippen LogP contribution in [0, 0.1) is 5.92 Å². The van der Waals surface area contributed by atoms with Crippen LogP contribution in [-0.4, -0.2) is 0 Å². The van der Waals surface area contributed by atoms with Gasteiger partial charge >= 0.3 is 0 Å².